The first-order valence-corrected chi connectivity index (χ1v) is 6.97. The number of nitrogens with zero attached hydrogens (tertiary/aromatic N) is 2. The van der Waals surface area contributed by atoms with Crippen LogP contribution in [0.25, 0.3) is 0 Å². The first kappa shape index (κ1) is 15.4. The molecule has 104 valence electrons. The van der Waals surface area contributed by atoms with Gasteiger partial charge in [-0.05, 0) is 46.2 Å². The predicted molar refractivity (Wildman–Crippen MR) is 76.8 cm³/mol. The van der Waals surface area contributed by atoms with Crippen LogP contribution in [-0.2, 0) is 4.79 Å². The molecule has 0 spiro atoms. The molecule has 0 saturated carbocycles. The van der Waals surface area contributed by atoms with E-state index in [1.54, 1.807) is 6.92 Å². The van der Waals surface area contributed by atoms with Gasteiger partial charge in [0.25, 0.3) is 0 Å². The molecule has 3 heteroatoms. The third-order valence-electron chi connectivity index (χ3n) is 3.68. The first-order chi connectivity index (χ1) is 8.30. The van der Waals surface area contributed by atoms with Crippen molar-refractivity contribution < 1.29 is 4.79 Å². The van der Waals surface area contributed by atoms with Crippen LogP contribution in [0, 0.1) is 0 Å². The zero-order chi connectivity index (χ0) is 13.8. The van der Waals surface area contributed by atoms with Crippen LogP contribution in [-0.4, -0.2) is 53.8 Å². The molecule has 0 aromatic carbocycles. The Balaban J connectivity index is 2.20. The lowest BCUT2D eigenvalue weighted by molar-refractivity contribution is -0.115. The summed E-state index contributed by atoms with van der Waals surface area (Å²) in [5.41, 5.74) is 0.967. The number of rotatable bonds is 5. The molecule has 18 heavy (non-hydrogen) atoms. The number of ketones is 1. The molecule has 1 rings (SSSR count). The summed E-state index contributed by atoms with van der Waals surface area (Å²) in [7, 11) is 0. The predicted octanol–water partition coefficient (Wildman–Crippen LogP) is 2.33. The summed E-state index contributed by atoms with van der Waals surface area (Å²) in [6.07, 6.45) is 1.61. The largest absolute Gasteiger partial charge is 0.301 e. The van der Waals surface area contributed by atoms with Crippen LogP contribution in [0.4, 0.5) is 0 Å². The maximum atomic E-state index is 11.4. The maximum absolute atomic E-state index is 11.4. The van der Waals surface area contributed by atoms with E-state index in [9.17, 15) is 4.79 Å². The SMILES string of the molecule is C=C(C)C(=O)CCCN1CCN(C(C)(C)C)CC1. The van der Waals surface area contributed by atoms with Crippen LogP contribution in [0.15, 0.2) is 12.2 Å². The number of hydrogen-bond acceptors (Lipinski definition) is 3. The van der Waals surface area contributed by atoms with Crippen LogP contribution >= 0.6 is 0 Å². The minimum atomic E-state index is 0.211. The number of carbonyl (C=O) groups excluding carboxylic acids is 1. The van der Waals surface area contributed by atoms with Gasteiger partial charge in [0, 0.05) is 38.1 Å². The lowest BCUT2D eigenvalue weighted by Crippen LogP contribution is -2.53. The highest BCUT2D eigenvalue weighted by Crippen LogP contribution is 2.16. The first-order valence-electron chi connectivity index (χ1n) is 6.97. The molecule has 0 radical (unpaired) electrons. The molecule has 0 bridgehead atoms. The summed E-state index contributed by atoms with van der Waals surface area (Å²) >= 11 is 0. The van der Waals surface area contributed by atoms with Crippen molar-refractivity contribution in [2.45, 2.75) is 46.1 Å². The smallest absolute Gasteiger partial charge is 0.158 e. The van der Waals surface area contributed by atoms with Gasteiger partial charge >= 0.3 is 0 Å². The standard InChI is InChI=1S/C15H28N2O/c1-13(2)14(18)7-6-8-16-9-11-17(12-10-16)15(3,4)5/h1,6-12H2,2-5H3. The Morgan fingerprint density at radius 1 is 1.17 bits per heavy atom. The van der Waals surface area contributed by atoms with Crippen LogP contribution in [0.5, 0.6) is 0 Å². The van der Waals surface area contributed by atoms with Crippen molar-refractivity contribution in [2.75, 3.05) is 32.7 Å². The average molecular weight is 252 g/mol. The van der Waals surface area contributed by atoms with Gasteiger partial charge in [0.05, 0.1) is 0 Å². The molecule has 0 aromatic rings. The molecule has 0 unspecified atom stereocenters. The molecule has 1 aliphatic heterocycles. The van der Waals surface area contributed by atoms with E-state index >= 15 is 0 Å². The van der Waals surface area contributed by atoms with E-state index < -0.39 is 0 Å². The van der Waals surface area contributed by atoms with Crippen molar-refractivity contribution in [2.24, 2.45) is 0 Å². The second kappa shape index (κ2) is 6.48. The van der Waals surface area contributed by atoms with Crippen molar-refractivity contribution in [1.29, 1.82) is 0 Å². The monoisotopic (exact) mass is 252 g/mol. The van der Waals surface area contributed by atoms with E-state index in [4.69, 9.17) is 0 Å². The fraction of sp³-hybridized carbons (Fsp3) is 0.800. The highest BCUT2D eigenvalue weighted by Gasteiger charge is 2.25. The van der Waals surface area contributed by atoms with Gasteiger partial charge in [-0.15, -0.1) is 0 Å². The van der Waals surface area contributed by atoms with Gasteiger partial charge in [-0.25, -0.2) is 0 Å². The molecule has 0 N–H and O–H groups in total. The van der Waals surface area contributed by atoms with E-state index in [-0.39, 0.29) is 11.3 Å². The Kier molecular flexibility index (Phi) is 5.54. The Labute approximate surface area is 112 Å². The van der Waals surface area contributed by atoms with Gasteiger partial charge in [0.1, 0.15) is 0 Å². The van der Waals surface area contributed by atoms with Crippen molar-refractivity contribution >= 4 is 5.78 Å². The molecule has 0 aliphatic carbocycles. The van der Waals surface area contributed by atoms with E-state index in [1.165, 1.54) is 0 Å². The Morgan fingerprint density at radius 3 is 2.17 bits per heavy atom. The van der Waals surface area contributed by atoms with Gasteiger partial charge < -0.3 is 4.90 Å². The zero-order valence-corrected chi connectivity index (χ0v) is 12.5. The molecule has 0 aromatic heterocycles. The number of piperazine rings is 1. The van der Waals surface area contributed by atoms with Crippen LogP contribution in [0.1, 0.15) is 40.5 Å². The van der Waals surface area contributed by atoms with E-state index in [0.29, 0.717) is 12.0 Å². The number of carbonyl (C=O) groups is 1. The maximum Gasteiger partial charge on any atom is 0.158 e. The molecule has 1 aliphatic rings. The molecule has 3 nitrogen and oxygen atoms in total. The quantitative estimate of drug-likeness (QED) is 0.702. The highest BCUT2D eigenvalue weighted by molar-refractivity contribution is 5.93. The molecule has 0 amide bonds. The Hall–Kier alpha value is -0.670. The minimum Gasteiger partial charge on any atom is -0.301 e. The van der Waals surface area contributed by atoms with Gasteiger partial charge in [0.15, 0.2) is 5.78 Å². The number of hydrogen-bond donors (Lipinski definition) is 0. The number of Topliss-reactive ketones (excluding diaryl/α,β-unsaturated/α-hetero) is 1. The molecule has 1 heterocycles. The fourth-order valence-corrected chi connectivity index (χ4v) is 2.32. The van der Waals surface area contributed by atoms with Crippen molar-refractivity contribution in [3.63, 3.8) is 0 Å². The molecular weight excluding hydrogens is 224 g/mol. The lowest BCUT2D eigenvalue weighted by atomic mass is 10.0. The second-order valence-corrected chi connectivity index (χ2v) is 6.31. The van der Waals surface area contributed by atoms with Gasteiger partial charge in [0.2, 0.25) is 0 Å². The molecule has 1 fully saturated rings. The average Bonchev–Trinajstić information content (AvgIpc) is 2.28. The summed E-state index contributed by atoms with van der Waals surface area (Å²) < 4.78 is 0. The third kappa shape index (κ3) is 4.91. The fourth-order valence-electron chi connectivity index (χ4n) is 2.32. The third-order valence-corrected chi connectivity index (χ3v) is 3.68. The summed E-state index contributed by atoms with van der Waals surface area (Å²) in [4.78, 5) is 16.4. The van der Waals surface area contributed by atoms with Crippen LogP contribution in [0.2, 0.25) is 0 Å². The Morgan fingerprint density at radius 2 is 1.72 bits per heavy atom. The number of allylic oxidation sites excluding steroid dienone is 1. The van der Waals surface area contributed by atoms with Crippen molar-refractivity contribution in [1.82, 2.24) is 9.80 Å². The van der Waals surface area contributed by atoms with E-state index in [1.807, 2.05) is 0 Å². The van der Waals surface area contributed by atoms with Crippen molar-refractivity contribution in [3.05, 3.63) is 12.2 Å². The molecular formula is C15H28N2O. The molecule has 1 saturated heterocycles. The topological polar surface area (TPSA) is 23.6 Å². The van der Waals surface area contributed by atoms with E-state index in [2.05, 4.69) is 37.1 Å². The summed E-state index contributed by atoms with van der Waals surface area (Å²) in [6.45, 7) is 17.9. The summed E-state index contributed by atoms with van der Waals surface area (Å²) in [5, 5.41) is 0. The Bertz CT molecular complexity index is 296. The highest BCUT2D eigenvalue weighted by atomic mass is 16.1. The van der Waals surface area contributed by atoms with Crippen LogP contribution in [0.3, 0.4) is 0 Å². The van der Waals surface area contributed by atoms with Gasteiger partial charge in [-0.3, -0.25) is 9.69 Å². The lowest BCUT2D eigenvalue weighted by Gasteiger charge is -2.42. The van der Waals surface area contributed by atoms with Gasteiger partial charge in [-0.2, -0.15) is 0 Å². The molecule has 0 atom stereocenters. The van der Waals surface area contributed by atoms with Crippen LogP contribution < -0.4 is 0 Å². The minimum absolute atomic E-state index is 0.211. The van der Waals surface area contributed by atoms with Crippen molar-refractivity contribution in [3.8, 4) is 0 Å². The second-order valence-electron chi connectivity index (χ2n) is 6.31. The summed E-state index contributed by atoms with van der Waals surface area (Å²) in [5.74, 6) is 0.211. The van der Waals surface area contributed by atoms with E-state index in [0.717, 1.165) is 39.1 Å². The zero-order valence-electron chi connectivity index (χ0n) is 12.5. The summed E-state index contributed by atoms with van der Waals surface area (Å²) in [6, 6.07) is 0. The van der Waals surface area contributed by atoms with Gasteiger partial charge in [-0.1, -0.05) is 6.58 Å². The normalized spacial score (nSPS) is 18.9.